The van der Waals surface area contributed by atoms with Crippen molar-refractivity contribution in [3.05, 3.63) is 23.9 Å². The molecule has 0 aliphatic heterocycles. The van der Waals surface area contributed by atoms with Crippen LogP contribution in [0.15, 0.2) is 23.9 Å². The molecule has 0 aliphatic rings. The molecule has 0 spiro atoms. The van der Waals surface area contributed by atoms with Gasteiger partial charge in [-0.15, -0.1) is 0 Å². The summed E-state index contributed by atoms with van der Waals surface area (Å²) in [6, 6.07) is -0.490. The van der Waals surface area contributed by atoms with E-state index in [1.54, 1.807) is 7.05 Å². The third-order valence-electron chi connectivity index (χ3n) is 1.62. The Kier molecular flexibility index (Phi) is 3.37. The lowest BCUT2D eigenvalue weighted by Gasteiger charge is -2.17. The van der Waals surface area contributed by atoms with Gasteiger partial charge >= 0.3 is 6.03 Å². The zero-order chi connectivity index (χ0) is 9.02. The molecule has 0 aromatic rings. The van der Waals surface area contributed by atoms with E-state index in [2.05, 4.69) is 6.58 Å². The van der Waals surface area contributed by atoms with Crippen LogP contribution in [-0.2, 0) is 0 Å². The minimum Gasteiger partial charge on any atom is -0.351 e. The van der Waals surface area contributed by atoms with Crippen molar-refractivity contribution < 1.29 is 4.79 Å². The fraction of sp³-hybridized carbons (Fsp3) is 0.375. The summed E-state index contributed by atoms with van der Waals surface area (Å²) >= 11 is 0. The molecule has 0 rings (SSSR count). The van der Waals surface area contributed by atoms with E-state index in [1.807, 2.05) is 19.9 Å². The molecule has 0 aliphatic carbocycles. The number of likely N-dealkylation sites (N-methyl/N-ethyl adjacent to an activating group) is 1. The van der Waals surface area contributed by atoms with Crippen LogP contribution in [0.3, 0.4) is 0 Å². The Morgan fingerprint density at radius 3 is 2.36 bits per heavy atom. The highest BCUT2D eigenvalue weighted by atomic mass is 16.2. The molecule has 2 N–H and O–H groups in total. The number of nitrogens with zero attached hydrogens (tertiary/aromatic N) is 1. The number of hydrogen-bond acceptors (Lipinski definition) is 1. The first-order valence-electron chi connectivity index (χ1n) is 3.36. The molecule has 0 atom stereocenters. The van der Waals surface area contributed by atoms with Gasteiger partial charge in [-0.05, 0) is 19.4 Å². The smallest absolute Gasteiger partial charge is 0.318 e. The molecule has 2 amide bonds. The van der Waals surface area contributed by atoms with Crippen molar-refractivity contribution >= 4 is 6.03 Å². The van der Waals surface area contributed by atoms with E-state index in [9.17, 15) is 4.79 Å². The summed E-state index contributed by atoms with van der Waals surface area (Å²) < 4.78 is 0. The Bertz CT molecular complexity index is 206. The van der Waals surface area contributed by atoms with Crippen LogP contribution in [-0.4, -0.2) is 18.0 Å². The summed E-state index contributed by atoms with van der Waals surface area (Å²) in [7, 11) is 1.59. The van der Waals surface area contributed by atoms with E-state index < -0.39 is 6.03 Å². The number of carbonyl (C=O) groups excluding carboxylic acids is 1. The molecule has 0 radical (unpaired) electrons. The SMILES string of the molecule is C=C(/C(C)=C\C)N(C)C(N)=O. The fourth-order valence-electron chi connectivity index (χ4n) is 0.564. The number of primary amides is 1. The highest BCUT2D eigenvalue weighted by Gasteiger charge is 2.07. The van der Waals surface area contributed by atoms with Crippen molar-refractivity contribution in [3.8, 4) is 0 Å². The predicted molar refractivity (Wildman–Crippen MR) is 45.9 cm³/mol. The van der Waals surface area contributed by atoms with Crippen molar-refractivity contribution in [3.63, 3.8) is 0 Å². The van der Waals surface area contributed by atoms with Crippen molar-refractivity contribution in [2.45, 2.75) is 13.8 Å². The lowest BCUT2D eigenvalue weighted by molar-refractivity contribution is 0.229. The Balaban J connectivity index is 4.38. The Morgan fingerprint density at radius 1 is 1.64 bits per heavy atom. The average molecular weight is 154 g/mol. The minimum absolute atomic E-state index is 0.490. The summed E-state index contributed by atoms with van der Waals surface area (Å²) in [6.07, 6.45) is 1.88. The van der Waals surface area contributed by atoms with Gasteiger partial charge in [0, 0.05) is 12.7 Å². The first-order valence-corrected chi connectivity index (χ1v) is 3.36. The van der Waals surface area contributed by atoms with Gasteiger partial charge in [0.05, 0.1) is 0 Å². The van der Waals surface area contributed by atoms with Gasteiger partial charge in [0.15, 0.2) is 0 Å². The maximum atomic E-state index is 10.6. The van der Waals surface area contributed by atoms with Crippen LogP contribution in [0.1, 0.15) is 13.8 Å². The van der Waals surface area contributed by atoms with Gasteiger partial charge in [-0.3, -0.25) is 4.90 Å². The molecule has 3 heteroatoms. The molecular formula is C8H14N2O. The molecule has 0 unspecified atom stereocenters. The van der Waals surface area contributed by atoms with Gasteiger partial charge < -0.3 is 5.73 Å². The third kappa shape index (κ3) is 2.45. The Hall–Kier alpha value is -1.25. The van der Waals surface area contributed by atoms with Crippen molar-refractivity contribution in [2.75, 3.05) is 7.05 Å². The molecule has 0 bridgehead atoms. The fourth-order valence-corrected chi connectivity index (χ4v) is 0.564. The van der Waals surface area contributed by atoms with Gasteiger partial charge in [0.25, 0.3) is 0 Å². The molecule has 3 nitrogen and oxygen atoms in total. The van der Waals surface area contributed by atoms with E-state index in [0.29, 0.717) is 5.70 Å². The molecule has 62 valence electrons. The summed E-state index contributed by atoms with van der Waals surface area (Å²) in [5.41, 5.74) is 6.62. The number of carbonyl (C=O) groups is 1. The maximum absolute atomic E-state index is 10.6. The minimum atomic E-state index is -0.490. The normalized spacial score (nSPS) is 11.0. The second kappa shape index (κ2) is 3.81. The number of urea groups is 1. The Labute approximate surface area is 67.2 Å². The van der Waals surface area contributed by atoms with Crippen molar-refractivity contribution in [1.82, 2.24) is 4.90 Å². The molecule has 0 aromatic heterocycles. The van der Waals surface area contributed by atoms with Gasteiger partial charge in [0.2, 0.25) is 0 Å². The zero-order valence-electron chi connectivity index (χ0n) is 7.22. The van der Waals surface area contributed by atoms with Crippen molar-refractivity contribution in [2.24, 2.45) is 5.73 Å². The van der Waals surface area contributed by atoms with E-state index in [-0.39, 0.29) is 0 Å². The summed E-state index contributed by atoms with van der Waals surface area (Å²) in [5, 5.41) is 0. The third-order valence-corrected chi connectivity index (χ3v) is 1.62. The van der Waals surface area contributed by atoms with Gasteiger partial charge in [-0.25, -0.2) is 4.79 Å². The number of allylic oxidation sites excluding steroid dienone is 2. The lowest BCUT2D eigenvalue weighted by atomic mass is 10.2. The van der Waals surface area contributed by atoms with Crippen molar-refractivity contribution in [1.29, 1.82) is 0 Å². The van der Waals surface area contributed by atoms with Gasteiger partial charge in [-0.1, -0.05) is 12.7 Å². The standard InChI is InChI=1S/C8H14N2O/c1-5-6(2)7(3)10(4)8(9)11/h5H,3H2,1-2,4H3,(H2,9,11)/b6-5-. The summed E-state index contributed by atoms with van der Waals surface area (Å²) in [4.78, 5) is 11.9. The van der Waals surface area contributed by atoms with Crippen LogP contribution in [0.2, 0.25) is 0 Å². The highest BCUT2D eigenvalue weighted by Crippen LogP contribution is 2.09. The lowest BCUT2D eigenvalue weighted by Crippen LogP contribution is -2.31. The van der Waals surface area contributed by atoms with Crippen LogP contribution >= 0.6 is 0 Å². The number of amides is 2. The van der Waals surface area contributed by atoms with Gasteiger partial charge in [-0.2, -0.15) is 0 Å². The second-order valence-corrected chi connectivity index (χ2v) is 2.32. The molecule has 0 saturated heterocycles. The van der Waals surface area contributed by atoms with Crippen LogP contribution in [0.25, 0.3) is 0 Å². The second-order valence-electron chi connectivity index (χ2n) is 2.32. The zero-order valence-corrected chi connectivity index (χ0v) is 7.22. The van der Waals surface area contributed by atoms with Gasteiger partial charge in [0.1, 0.15) is 0 Å². The van der Waals surface area contributed by atoms with E-state index in [1.165, 1.54) is 4.90 Å². The quantitative estimate of drug-likeness (QED) is 0.601. The summed E-state index contributed by atoms with van der Waals surface area (Å²) in [6.45, 7) is 7.46. The summed E-state index contributed by atoms with van der Waals surface area (Å²) in [5.74, 6) is 0. The maximum Gasteiger partial charge on any atom is 0.318 e. The Morgan fingerprint density at radius 2 is 2.09 bits per heavy atom. The predicted octanol–water partition coefficient (Wildman–Crippen LogP) is 1.48. The number of hydrogen-bond donors (Lipinski definition) is 1. The number of nitrogens with two attached hydrogens (primary N) is 1. The van der Waals surface area contributed by atoms with Crippen LogP contribution < -0.4 is 5.73 Å². The largest absolute Gasteiger partial charge is 0.351 e. The van der Waals surface area contributed by atoms with E-state index >= 15 is 0 Å². The molecule has 0 aromatic carbocycles. The van der Waals surface area contributed by atoms with E-state index in [0.717, 1.165) is 5.57 Å². The average Bonchev–Trinajstić information content (AvgIpc) is 2.00. The van der Waals surface area contributed by atoms with Crippen LogP contribution in [0, 0.1) is 0 Å². The topological polar surface area (TPSA) is 46.3 Å². The van der Waals surface area contributed by atoms with E-state index in [4.69, 9.17) is 5.73 Å². The first-order chi connectivity index (χ1) is 5.00. The van der Waals surface area contributed by atoms with Crippen LogP contribution in [0.5, 0.6) is 0 Å². The molecular weight excluding hydrogens is 140 g/mol. The molecule has 0 saturated carbocycles. The monoisotopic (exact) mass is 154 g/mol. The molecule has 0 heterocycles. The molecule has 11 heavy (non-hydrogen) atoms. The number of rotatable bonds is 2. The molecule has 0 fully saturated rings. The first kappa shape index (κ1) is 9.75. The highest BCUT2D eigenvalue weighted by molar-refractivity contribution is 5.74. The van der Waals surface area contributed by atoms with Crippen LogP contribution in [0.4, 0.5) is 4.79 Å².